The van der Waals surface area contributed by atoms with E-state index in [0.717, 1.165) is 32.0 Å². The zero-order chi connectivity index (χ0) is 13.0. The first-order valence-corrected chi connectivity index (χ1v) is 7.31. The van der Waals surface area contributed by atoms with Gasteiger partial charge in [0.05, 0.1) is 0 Å². The molecule has 1 aliphatic heterocycles. The van der Waals surface area contributed by atoms with Gasteiger partial charge in [0.15, 0.2) is 0 Å². The van der Waals surface area contributed by atoms with Crippen molar-refractivity contribution in [2.24, 2.45) is 5.92 Å². The Hall–Kier alpha value is -1.02. The Morgan fingerprint density at radius 3 is 2.94 bits per heavy atom. The molecule has 0 spiro atoms. The molecule has 0 amide bonds. The summed E-state index contributed by atoms with van der Waals surface area (Å²) in [4.78, 5) is 2.53. The van der Waals surface area contributed by atoms with Gasteiger partial charge in [0.1, 0.15) is 0 Å². The summed E-state index contributed by atoms with van der Waals surface area (Å²) in [6.07, 6.45) is 2.37. The zero-order valence-electron chi connectivity index (χ0n) is 11.9. The fourth-order valence-corrected chi connectivity index (χ4v) is 2.65. The van der Waals surface area contributed by atoms with Crippen LogP contribution in [0.3, 0.4) is 0 Å². The molecule has 2 rings (SSSR count). The standard InChI is InChI=1S/C16H26N2/c1-4-13(3)16-12-18(10-9-17-16)15-8-6-7-14(5-2)11-15/h6-8,11,13,16-17H,4-5,9-10,12H2,1-3H3. The van der Waals surface area contributed by atoms with Gasteiger partial charge in [0.25, 0.3) is 0 Å². The average Bonchev–Trinajstić information content (AvgIpc) is 2.46. The number of hydrogen-bond donors (Lipinski definition) is 1. The smallest absolute Gasteiger partial charge is 0.0369 e. The molecule has 0 saturated carbocycles. The summed E-state index contributed by atoms with van der Waals surface area (Å²) in [5.74, 6) is 0.752. The predicted octanol–water partition coefficient (Wildman–Crippen LogP) is 3.07. The van der Waals surface area contributed by atoms with Crippen LogP contribution in [0.1, 0.15) is 32.8 Å². The molecular weight excluding hydrogens is 220 g/mol. The van der Waals surface area contributed by atoms with Crippen molar-refractivity contribution in [1.82, 2.24) is 5.32 Å². The summed E-state index contributed by atoms with van der Waals surface area (Å²) in [7, 11) is 0. The van der Waals surface area contributed by atoms with Crippen molar-refractivity contribution >= 4 is 5.69 Å². The highest BCUT2D eigenvalue weighted by Crippen LogP contribution is 2.20. The lowest BCUT2D eigenvalue weighted by Gasteiger charge is -2.38. The third-order valence-electron chi connectivity index (χ3n) is 4.22. The number of nitrogens with zero attached hydrogens (tertiary/aromatic N) is 1. The lowest BCUT2D eigenvalue weighted by molar-refractivity contribution is 0.342. The maximum atomic E-state index is 3.66. The molecule has 0 aromatic heterocycles. The minimum atomic E-state index is 0.633. The molecule has 1 heterocycles. The summed E-state index contributed by atoms with van der Waals surface area (Å²) in [6.45, 7) is 10.2. The molecule has 18 heavy (non-hydrogen) atoms. The molecule has 1 aromatic carbocycles. The predicted molar refractivity (Wildman–Crippen MR) is 79.3 cm³/mol. The van der Waals surface area contributed by atoms with Crippen LogP contribution in [-0.2, 0) is 6.42 Å². The van der Waals surface area contributed by atoms with Crippen molar-refractivity contribution in [3.8, 4) is 0 Å². The van der Waals surface area contributed by atoms with Crippen LogP contribution in [0.15, 0.2) is 24.3 Å². The van der Waals surface area contributed by atoms with Gasteiger partial charge < -0.3 is 10.2 Å². The Bertz CT molecular complexity index is 375. The Kier molecular flexibility index (Phi) is 4.65. The van der Waals surface area contributed by atoms with E-state index in [9.17, 15) is 0 Å². The van der Waals surface area contributed by atoms with Crippen LogP contribution < -0.4 is 10.2 Å². The molecule has 2 unspecified atom stereocenters. The van der Waals surface area contributed by atoms with Crippen molar-refractivity contribution in [2.75, 3.05) is 24.5 Å². The summed E-state index contributed by atoms with van der Waals surface area (Å²) >= 11 is 0. The van der Waals surface area contributed by atoms with Gasteiger partial charge in [-0.3, -0.25) is 0 Å². The maximum absolute atomic E-state index is 3.66. The number of rotatable bonds is 4. The Balaban J connectivity index is 2.07. The number of aryl methyl sites for hydroxylation is 1. The summed E-state index contributed by atoms with van der Waals surface area (Å²) in [5, 5.41) is 3.66. The van der Waals surface area contributed by atoms with E-state index in [4.69, 9.17) is 0 Å². The molecule has 1 fully saturated rings. The molecule has 0 bridgehead atoms. The minimum Gasteiger partial charge on any atom is -0.369 e. The third-order valence-corrected chi connectivity index (χ3v) is 4.22. The molecule has 2 heteroatoms. The summed E-state index contributed by atoms with van der Waals surface area (Å²) in [5.41, 5.74) is 2.83. The maximum Gasteiger partial charge on any atom is 0.0369 e. The molecule has 100 valence electrons. The SMILES string of the molecule is CCc1cccc(N2CCNC(C(C)CC)C2)c1. The number of benzene rings is 1. The molecule has 0 radical (unpaired) electrons. The fourth-order valence-electron chi connectivity index (χ4n) is 2.65. The zero-order valence-corrected chi connectivity index (χ0v) is 11.9. The quantitative estimate of drug-likeness (QED) is 0.878. The summed E-state index contributed by atoms with van der Waals surface area (Å²) < 4.78 is 0. The van der Waals surface area contributed by atoms with Gasteiger partial charge in [0.2, 0.25) is 0 Å². The van der Waals surface area contributed by atoms with Crippen LogP contribution >= 0.6 is 0 Å². The van der Waals surface area contributed by atoms with E-state index in [2.05, 4.69) is 55.3 Å². The first-order valence-electron chi connectivity index (χ1n) is 7.31. The molecular formula is C16H26N2. The van der Waals surface area contributed by atoms with Crippen molar-refractivity contribution in [1.29, 1.82) is 0 Å². The first-order chi connectivity index (χ1) is 8.74. The second kappa shape index (κ2) is 6.24. The largest absolute Gasteiger partial charge is 0.369 e. The Morgan fingerprint density at radius 2 is 2.22 bits per heavy atom. The van der Waals surface area contributed by atoms with Crippen LogP contribution in [0, 0.1) is 5.92 Å². The number of anilines is 1. The van der Waals surface area contributed by atoms with E-state index in [1.165, 1.54) is 17.7 Å². The topological polar surface area (TPSA) is 15.3 Å². The number of piperazine rings is 1. The van der Waals surface area contributed by atoms with Crippen LogP contribution in [-0.4, -0.2) is 25.7 Å². The highest BCUT2D eigenvalue weighted by atomic mass is 15.2. The normalized spacial score (nSPS) is 21.9. The van der Waals surface area contributed by atoms with Gasteiger partial charge >= 0.3 is 0 Å². The molecule has 1 aliphatic rings. The molecule has 1 N–H and O–H groups in total. The van der Waals surface area contributed by atoms with E-state index in [0.29, 0.717) is 6.04 Å². The van der Waals surface area contributed by atoms with Crippen molar-refractivity contribution in [3.05, 3.63) is 29.8 Å². The molecule has 2 atom stereocenters. The molecule has 0 aliphatic carbocycles. The Labute approximate surface area is 111 Å². The van der Waals surface area contributed by atoms with E-state index in [1.54, 1.807) is 0 Å². The second-order valence-electron chi connectivity index (χ2n) is 5.42. The second-order valence-corrected chi connectivity index (χ2v) is 5.42. The summed E-state index contributed by atoms with van der Waals surface area (Å²) in [6, 6.07) is 9.64. The first kappa shape index (κ1) is 13.4. The van der Waals surface area contributed by atoms with E-state index < -0.39 is 0 Å². The Morgan fingerprint density at radius 1 is 1.39 bits per heavy atom. The van der Waals surface area contributed by atoms with Gasteiger partial charge in [0, 0.05) is 31.4 Å². The van der Waals surface area contributed by atoms with Crippen LogP contribution in [0.5, 0.6) is 0 Å². The average molecular weight is 246 g/mol. The van der Waals surface area contributed by atoms with Gasteiger partial charge in [-0.2, -0.15) is 0 Å². The lowest BCUT2D eigenvalue weighted by atomic mass is 9.97. The van der Waals surface area contributed by atoms with Gasteiger partial charge in [-0.15, -0.1) is 0 Å². The van der Waals surface area contributed by atoms with Gasteiger partial charge in [-0.1, -0.05) is 39.3 Å². The van der Waals surface area contributed by atoms with E-state index in [-0.39, 0.29) is 0 Å². The van der Waals surface area contributed by atoms with Crippen LogP contribution in [0.25, 0.3) is 0 Å². The highest BCUT2D eigenvalue weighted by Gasteiger charge is 2.23. The fraction of sp³-hybridized carbons (Fsp3) is 0.625. The lowest BCUT2D eigenvalue weighted by Crippen LogP contribution is -2.53. The third kappa shape index (κ3) is 3.05. The van der Waals surface area contributed by atoms with Crippen molar-refractivity contribution in [3.63, 3.8) is 0 Å². The molecule has 1 saturated heterocycles. The highest BCUT2D eigenvalue weighted by molar-refractivity contribution is 5.49. The van der Waals surface area contributed by atoms with Crippen molar-refractivity contribution in [2.45, 2.75) is 39.7 Å². The van der Waals surface area contributed by atoms with Gasteiger partial charge in [-0.05, 0) is 30.0 Å². The number of nitrogens with one attached hydrogen (secondary N) is 1. The van der Waals surface area contributed by atoms with Crippen molar-refractivity contribution < 1.29 is 0 Å². The van der Waals surface area contributed by atoms with E-state index >= 15 is 0 Å². The monoisotopic (exact) mass is 246 g/mol. The molecule has 2 nitrogen and oxygen atoms in total. The van der Waals surface area contributed by atoms with E-state index in [1.807, 2.05) is 0 Å². The minimum absolute atomic E-state index is 0.633. The van der Waals surface area contributed by atoms with Crippen LogP contribution in [0.2, 0.25) is 0 Å². The van der Waals surface area contributed by atoms with Gasteiger partial charge in [-0.25, -0.2) is 0 Å². The molecule has 1 aromatic rings. The van der Waals surface area contributed by atoms with Crippen LogP contribution in [0.4, 0.5) is 5.69 Å². The number of hydrogen-bond acceptors (Lipinski definition) is 2.